The van der Waals surface area contributed by atoms with E-state index in [1.54, 1.807) is 13.3 Å². The monoisotopic (exact) mass is 371 g/mol. The number of furan rings is 1. The normalized spacial score (nSPS) is 14.6. The second-order valence-electron chi connectivity index (χ2n) is 6.62. The number of aliphatic imine (C=N–C) groups is 1. The third-order valence-electron chi connectivity index (χ3n) is 4.57. The van der Waals surface area contributed by atoms with Gasteiger partial charge in [0.2, 0.25) is 0 Å². The first-order chi connectivity index (χ1) is 13.3. The van der Waals surface area contributed by atoms with Crippen LogP contribution in [0, 0.1) is 0 Å². The van der Waals surface area contributed by atoms with Crippen molar-refractivity contribution in [3.8, 4) is 5.75 Å². The molecule has 1 aliphatic rings. The lowest BCUT2D eigenvalue weighted by Gasteiger charge is -2.27. The molecule has 1 heterocycles. The van der Waals surface area contributed by atoms with Crippen LogP contribution in [0.3, 0.4) is 0 Å². The molecule has 1 aromatic carbocycles. The standard InChI is InChI=1S/C21H29N3O3/c1-22-21(23-12-6-13-25-16-19-10-5-14-26-19)24-15-17-7-2-3-11-20(17)27-18-8-4-9-18/h2-3,5,7,10-11,14,18H,4,6,8-9,12-13,15-16H2,1H3,(H2,22,23,24). The zero-order chi connectivity index (χ0) is 18.7. The smallest absolute Gasteiger partial charge is 0.191 e. The average molecular weight is 371 g/mol. The first-order valence-electron chi connectivity index (χ1n) is 9.64. The highest BCUT2D eigenvalue weighted by atomic mass is 16.5. The van der Waals surface area contributed by atoms with Crippen molar-refractivity contribution in [3.63, 3.8) is 0 Å². The number of benzene rings is 1. The Morgan fingerprint density at radius 3 is 2.81 bits per heavy atom. The van der Waals surface area contributed by atoms with E-state index < -0.39 is 0 Å². The summed E-state index contributed by atoms with van der Waals surface area (Å²) in [5.41, 5.74) is 1.15. The minimum absolute atomic E-state index is 0.379. The fourth-order valence-electron chi connectivity index (χ4n) is 2.78. The summed E-state index contributed by atoms with van der Waals surface area (Å²) in [5, 5.41) is 6.66. The van der Waals surface area contributed by atoms with Crippen molar-refractivity contribution in [3.05, 3.63) is 54.0 Å². The molecule has 6 nitrogen and oxygen atoms in total. The molecule has 1 fully saturated rings. The van der Waals surface area contributed by atoms with Crippen LogP contribution in [0.2, 0.25) is 0 Å². The highest BCUT2D eigenvalue weighted by Gasteiger charge is 2.20. The molecule has 3 rings (SSSR count). The lowest BCUT2D eigenvalue weighted by Crippen LogP contribution is -2.37. The minimum atomic E-state index is 0.379. The topological polar surface area (TPSA) is 68.0 Å². The van der Waals surface area contributed by atoms with Crippen molar-refractivity contribution in [2.75, 3.05) is 20.2 Å². The summed E-state index contributed by atoms with van der Waals surface area (Å²) in [4.78, 5) is 4.28. The van der Waals surface area contributed by atoms with Gasteiger partial charge in [-0.2, -0.15) is 0 Å². The molecular formula is C21H29N3O3. The number of para-hydroxylation sites is 1. The SMILES string of the molecule is CN=C(NCCCOCc1ccco1)NCc1ccccc1OC1CCC1. The van der Waals surface area contributed by atoms with Crippen molar-refractivity contribution in [1.29, 1.82) is 0 Å². The number of guanidine groups is 1. The van der Waals surface area contributed by atoms with Gasteiger partial charge in [0.1, 0.15) is 18.1 Å². The van der Waals surface area contributed by atoms with Crippen LogP contribution >= 0.6 is 0 Å². The summed E-state index contributed by atoms with van der Waals surface area (Å²) in [7, 11) is 1.78. The van der Waals surface area contributed by atoms with Crippen molar-refractivity contribution < 1.29 is 13.9 Å². The van der Waals surface area contributed by atoms with Crippen LogP contribution in [0.25, 0.3) is 0 Å². The molecule has 0 saturated heterocycles. The Morgan fingerprint density at radius 2 is 2.07 bits per heavy atom. The Balaban J connectivity index is 1.34. The number of rotatable bonds is 10. The van der Waals surface area contributed by atoms with Crippen LogP contribution in [-0.4, -0.2) is 32.3 Å². The quantitative estimate of drug-likeness (QED) is 0.380. The van der Waals surface area contributed by atoms with Crippen molar-refractivity contribution in [2.45, 2.75) is 44.9 Å². The molecule has 1 aromatic heterocycles. The number of hydrogen-bond acceptors (Lipinski definition) is 4. The predicted octanol–water partition coefficient (Wildman–Crippen LogP) is 3.48. The van der Waals surface area contributed by atoms with Gasteiger partial charge in [-0.3, -0.25) is 4.99 Å². The molecule has 0 unspecified atom stereocenters. The van der Waals surface area contributed by atoms with Crippen molar-refractivity contribution in [2.24, 2.45) is 4.99 Å². The Morgan fingerprint density at radius 1 is 1.19 bits per heavy atom. The Labute approximate surface area is 161 Å². The fraction of sp³-hybridized carbons (Fsp3) is 0.476. The zero-order valence-corrected chi connectivity index (χ0v) is 15.9. The average Bonchev–Trinajstić information content (AvgIpc) is 3.18. The second-order valence-corrected chi connectivity index (χ2v) is 6.62. The highest BCUT2D eigenvalue weighted by molar-refractivity contribution is 5.79. The molecule has 0 atom stereocenters. The van der Waals surface area contributed by atoms with Gasteiger partial charge in [0, 0.05) is 32.3 Å². The maximum absolute atomic E-state index is 6.08. The summed E-state index contributed by atoms with van der Waals surface area (Å²) >= 11 is 0. The van der Waals surface area contributed by atoms with E-state index in [9.17, 15) is 0 Å². The molecule has 0 amide bonds. The Kier molecular flexibility index (Phi) is 7.59. The Hall–Kier alpha value is -2.47. The highest BCUT2D eigenvalue weighted by Crippen LogP contribution is 2.27. The summed E-state index contributed by atoms with van der Waals surface area (Å²) in [6.45, 7) is 2.65. The maximum Gasteiger partial charge on any atom is 0.191 e. The van der Waals surface area contributed by atoms with Crippen LogP contribution in [0.4, 0.5) is 0 Å². The molecule has 27 heavy (non-hydrogen) atoms. The van der Waals surface area contributed by atoms with Gasteiger partial charge in [-0.25, -0.2) is 0 Å². The van der Waals surface area contributed by atoms with E-state index in [0.29, 0.717) is 25.9 Å². The molecule has 1 aliphatic carbocycles. The largest absolute Gasteiger partial charge is 0.490 e. The molecular weight excluding hydrogens is 342 g/mol. The van der Waals surface area contributed by atoms with Crippen LogP contribution in [0.1, 0.15) is 37.0 Å². The molecule has 0 aliphatic heterocycles. The number of hydrogen-bond donors (Lipinski definition) is 2. The number of ether oxygens (including phenoxy) is 2. The maximum atomic E-state index is 6.08. The summed E-state index contributed by atoms with van der Waals surface area (Å²) in [6.07, 6.45) is 6.52. The third kappa shape index (κ3) is 6.32. The van der Waals surface area contributed by atoms with Crippen molar-refractivity contribution >= 4 is 5.96 Å². The Bertz CT molecular complexity index is 696. The first-order valence-corrected chi connectivity index (χ1v) is 9.64. The summed E-state index contributed by atoms with van der Waals surface area (Å²) in [5.74, 6) is 2.60. The van der Waals surface area contributed by atoms with Crippen LogP contribution in [-0.2, 0) is 17.9 Å². The van der Waals surface area contributed by atoms with E-state index in [4.69, 9.17) is 13.9 Å². The number of nitrogens with zero attached hydrogens (tertiary/aromatic N) is 1. The lowest BCUT2D eigenvalue weighted by atomic mass is 9.96. The molecule has 0 bridgehead atoms. The predicted molar refractivity (Wildman–Crippen MR) is 106 cm³/mol. The van der Waals surface area contributed by atoms with Crippen LogP contribution < -0.4 is 15.4 Å². The third-order valence-corrected chi connectivity index (χ3v) is 4.57. The molecule has 2 aromatic rings. The summed E-state index contributed by atoms with van der Waals surface area (Å²) < 4.78 is 16.9. The van der Waals surface area contributed by atoms with E-state index in [2.05, 4.69) is 21.7 Å². The van der Waals surface area contributed by atoms with Gasteiger partial charge < -0.3 is 24.5 Å². The van der Waals surface area contributed by atoms with Gasteiger partial charge in [-0.05, 0) is 43.9 Å². The van der Waals surface area contributed by atoms with Gasteiger partial charge in [0.15, 0.2) is 5.96 Å². The molecule has 1 saturated carbocycles. The zero-order valence-electron chi connectivity index (χ0n) is 15.9. The molecule has 0 radical (unpaired) electrons. The van der Waals surface area contributed by atoms with E-state index in [1.807, 2.05) is 30.3 Å². The minimum Gasteiger partial charge on any atom is -0.490 e. The molecule has 0 spiro atoms. The van der Waals surface area contributed by atoms with E-state index in [-0.39, 0.29) is 0 Å². The van der Waals surface area contributed by atoms with Gasteiger partial charge >= 0.3 is 0 Å². The van der Waals surface area contributed by atoms with Crippen LogP contribution in [0.5, 0.6) is 5.75 Å². The first kappa shape index (κ1) is 19.3. The lowest BCUT2D eigenvalue weighted by molar-refractivity contribution is 0.105. The van der Waals surface area contributed by atoms with Crippen molar-refractivity contribution in [1.82, 2.24) is 10.6 Å². The van der Waals surface area contributed by atoms with Crippen LogP contribution in [0.15, 0.2) is 52.1 Å². The summed E-state index contributed by atoms with van der Waals surface area (Å²) in [6, 6.07) is 12.0. The van der Waals surface area contributed by atoms with E-state index >= 15 is 0 Å². The fourth-order valence-corrected chi connectivity index (χ4v) is 2.78. The molecule has 2 N–H and O–H groups in total. The van der Waals surface area contributed by atoms with E-state index in [1.165, 1.54) is 6.42 Å². The van der Waals surface area contributed by atoms with Gasteiger partial charge in [0.05, 0.1) is 12.4 Å². The van der Waals surface area contributed by atoms with Gasteiger partial charge in [-0.1, -0.05) is 18.2 Å². The second kappa shape index (κ2) is 10.6. The van der Waals surface area contributed by atoms with E-state index in [0.717, 1.165) is 48.8 Å². The molecule has 6 heteroatoms. The molecule has 146 valence electrons. The number of nitrogens with one attached hydrogen (secondary N) is 2. The van der Waals surface area contributed by atoms with Gasteiger partial charge in [-0.15, -0.1) is 0 Å². The van der Waals surface area contributed by atoms with Gasteiger partial charge in [0.25, 0.3) is 0 Å².